The molecule has 0 fully saturated rings. The first kappa shape index (κ1) is 12.2. The van der Waals surface area contributed by atoms with Gasteiger partial charge in [-0.1, -0.05) is 17.7 Å². The van der Waals surface area contributed by atoms with Gasteiger partial charge in [-0.3, -0.25) is 0 Å². The third kappa shape index (κ3) is 3.05. The number of aliphatic hydroxyl groups excluding tert-OH is 2. The van der Waals surface area contributed by atoms with Crippen molar-refractivity contribution in [1.29, 1.82) is 0 Å². The molecule has 1 rings (SSSR count). The van der Waals surface area contributed by atoms with Gasteiger partial charge in [0.05, 0.1) is 0 Å². The average molecular weight is 208 g/mol. The Labute approximate surface area is 91.6 Å². The van der Waals surface area contributed by atoms with Crippen LogP contribution in [0.5, 0.6) is 0 Å². The van der Waals surface area contributed by atoms with Gasteiger partial charge in [0, 0.05) is 19.1 Å². The van der Waals surface area contributed by atoms with Gasteiger partial charge in [0.2, 0.25) is 0 Å². The van der Waals surface area contributed by atoms with Crippen LogP contribution in [0.4, 0.5) is 0 Å². The molecule has 0 spiro atoms. The van der Waals surface area contributed by atoms with Gasteiger partial charge in [0.25, 0.3) is 0 Å². The number of hydrogen-bond donors (Lipinski definition) is 2. The molecule has 0 bridgehead atoms. The molecular weight excluding hydrogens is 188 g/mol. The molecule has 0 aliphatic heterocycles. The molecule has 0 aromatic heterocycles. The lowest BCUT2D eigenvalue weighted by atomic mass is 9.92. The lowest BCUT2D eigenvalue weighted by Gasteiger charge is -2.16. The molecule has 2 N–H and O–H groups in total. The lowest BCUT2D eigenvalue weighted by molar-refractivity contribution is 0.150. The topological polar surface area (TPSA) is 40.5 Å². The van der Waals surface area contributed by atoms with Crippen LogP contribution in [0.25, 0.3) is 0 Å². The van der Waals surface area contributed by atoms with Crippen molar-refractivity contribution in [3.8, 4) is 0 Å². The number of rotatable bonds is 4. The number of aliphatic hydroxyl groups is 2. The van der Waals surface area contributed by atoms with E-state index in [4.69, 9.17) is 10.2 Å². The second-order valence-electron chi connectivity index (χ2n) is 4.31. The van der Waals surface area contributed by atoms with E-state index in [0.717, 1.165) is 6.42 Å². The van der Waals surface area contributed by atoms with Crippen LogP contribution in [0, 0.1) is 26.7 Å². The van der Waals surface area contributed by atoms with E-state index in [1.54, 1.807) is 0 Å². The minimum atomic E-state index is -0.0369. The summed E-state index contributed by atoms with van der Waals surface area (Å²) in [6.45, 7) is 6.34. The van der Waals surface area contributed by atoms with Crippen LogP contribution < -0.4 is 0 Å². The summed E-state index contributed by atoms with van der Waals surface area (Å²) >= 11 is 0. The van der Waals surface area contributed by atoms with Gasteiger partial charge in [-0.15, -0.1) is 0 Å². The highest BCUT2D eigenvalue weighted by atomic mass is 16.3. The average Bonchev–Trinajstić information content (AvgIpc) is 2.17. The summed E-state index contributed by atoms with van der Waals surface area (Å²) in [5.41, 5.74) is 5.02. The molecule has 0 aliphatic carbocycles. The summed E-state index contributed by atoms with van der Waals surface area (Å²) in [6.07, 6.45) is 0.755. The van der Waals surface area contributed by atoms with Crippen molar-refractivity contribution in [1.82, 2.24) is 0 Å². The molecule has 1 aromatic rings. The zero-order valence-electron chi connectivity index (χ0n) is 9.75. The molecule has 2 heteroatoms. The van der Waals surface area contributed by atoms with Crippen molar-refractivity contribution in [2.24, 2.45) is 5.92 Å². The molecule has 0 atom stereocenters. The molecule has 0 aliphatic rings. The Kier molecular flexibility index (Phi) is 4.30. The van der Waals surface area contributed by atoms with E-state index < -0.39 is 0 Å². The Morgan fingerprint density at radius 2 is 1.47 bits per heavy atom. The van der Waals surface area contributed by atoms with Crippen LogP contribution in [0.1, 0.15) is 22.3 Å². The van der Waals surface area contributed by atoms with Crippen LogP contribution in [0.3, 0.4) is 0 Å². The second kappa shape index (κ2) is 5.29. The summed E-state index contributed by atoms with van der Waals surface area (Å²) < 4.78 is 0. The highest BCUT2D eigenvalue weighted by molar-refractivity contribution is 5.37. The van der Waals surface area contributed by atoms with Gasteiger partial charge in [-0.25, -0.2) is 0 Å². The summed E-state index contributed by atoms with van der Waals surface area (Å²) in [4.78, 5) is 0. The fourth-order valence-electron chi connectivity index (χ4n) is 2.01. The van der Waals surface area contributed by atoms with E-state index in [9.17, 15) is 0 Å². The normalized spacial score (nSPS) is 11.1. The summed E-state index contributed by atoms with van der Waals surface area (Å²) in [7, 11) is 0. The van der Waals surface area contributed by atoms with Gasteiger partial charge in [-0.2, -0.15) is 0 Å². The Balaban J connectivity index is 2.94. The van der Waals surface area contributed by atoms with Gasteiger partial charge in [0.15, 0.2) is 0 Å². The van der Waals surface area contributed by atoms with Crippen molar-refractivity contribution >= 4 is 0 Å². The van der Waals surface area contributed by atoms with Gasteiger partial charge >= 0.3 is 0 Å². The van der Waals surface area contributed by atoms with Crippen molar-refractivity contribution in [2.45, 2.75) is 27.2 Å². The largest absolute Gasteiger partial charge is 0.396 e. The lowest BCUT2D eigenvalue weighted by Crippen LogP contribution is -2.15. The highest BCUT2D eigenvalue weighted by Gasteiger charge is 2.11. The van der Waals surface area contributed by atoms with Crippen LogP contribution in [-0.2, 0) is 6.42 Å². The first-order valence-corrected chi connectivity index (χ1v) is 5.37. The van der Waals surface area contributed by atoms with Gasteiger partial charge < -0.3 is 10.2 Å². The van der Waals surface area contributed by atoms with E-state index in [1.807, 2.05) is 0 Å². The molecule has 15 heavy (non-hydrogen) atoms. The Morgan fingerprint density at radius 3 is 1.87 bits per heavy atom. The van der Waals surface area contributed by atoms with E-state index in [2.05, 4.69) is 32.9 Å². The smallest absolute Gasteiger partial charge is 0.0484 e. The minimum Gasteiger partial charge on any atom is -0.396 e. The van der Waals surface area contributed by atoms with Gasteiger partial charge in [-0.05, 0) is 43.9 Å². The van der Waals surface area contributed by atoms with E-state index in [-0.39, 0.29) is 19.1 Å². The molecule has 0 amide bonds. The Hall–Kier alpha value is -0.860. The standard InChI is InChI=1S/C13H20O2/c1-9-4-10(2)13(11(3)5-9)6-12(7-14)8-15/h4-5,12,14-15H,6-8H2,1-3H3. The maximum atomic E-state index is 9.06. The first-order valence-electron chi connectivity index (χ1n) is 5.37. The monoisotopic (exact) mass is 208 g/mol. The first-order chi connectivity index (χ1) is 7.08. The maximum Gasteiger partial charge on any atom is 0.0484 e. The summed E-state index contributed by atoms with van der Waals surface area (Å²) in [6, 6.07) is 4.29. The summed E-state index contributed by atoms with van der Waals surface area (Å²) in [5.74, 6) is -0.0369. The predicted octanol–water partition coefficient (Wildman–Crippen LogP) is 1.76. The number of hydrogen-bond acceptors (Lipinski definition) is 2. The number of benzene rings is 1. The van der Waals surface area contributed by atoms with Crippen LogP contribution in [-0.4, -0.2) is 23.4 Å². The highest BCUT2D eigenvalue weighted by Crippen LogP contribution is 2.19. The fraction of sp³-hybridized carbons (Fsp3) is 0.538. The third-order valence-corrected chi connectivity index (χ3v) is 2.85. The van der Waals surface area contributed by atoms with Crippen LogP contribution >= 0.6 is 0 Å². The molecule has 84 valence electrons. The quantitative estimate of drug-likeness (QED) is 0.791. The molecule has 0 saturated heterocycles. The fourth-order valence-corrected chi connectivity index (χ4v) is 2.01. The molecule has 0 radical (unpaired) electrons. The van der Waals surface area contributed by atoms with E-state index >= 15 is 0 Å². The van der Waals surface area contributed by atoms with Gasteiger partial charge in [0.1, 0.15) is 0 Å². The SMILES string of the molecule is Cc1cc(C)c(CC(CO)CO)c(C)c1. The Bertz CT molecular complexity index is 304. The molecule has 1 aromatic carbocycles. The zero-order valence-corrected chi connectivity index (χ0v) is 9.75. The summed E-state index contributed by atoms with van der Waals surface area (Å²) in [5, 5.41) is 18.1. The molecular formula is C13H20O2. The van der Waals surface area contributed by atoms with Crippen molar-refractivity contribution < 1.29 is 10.2 Å². The Morgan fingerprint density at radius 1 is 1.00 bits per heavy atom. The van der Waals surface area contributed by atoms with Crippen molar-refractivity contribution in [3.63, 3.8) is 0 Å². The van der Waals surface area contributed by atoms with E-state index in [1.165, 1.54) is 22.3 Å². The molecule has 0 unspecified atom stereocenters. The van der Waals surface area contributed by atoms with Crippen LogP contribution in [0.2, 0.25) is 0 Å². The zero-order chi connectivity index (χ0) is 11.4. The molecule has 0 heterocycles. The van der Waals surface area contributed by atoms with Crippen molar-refractivity contribution in [2.75, 3.05) is 13.2 Å². The molecule has 2 nitrogen and oxygen atoms in total. The van der Waals surface area contributed by atoms with Crippen LogP contribution in [0.15, 0.2) is 12.1 Å². The second-order valence-corrected chi connectivity index (χ2v) is 4.31. The minimum absolute atomic E-state index is 0.0369. The molecule has 0 saturated carbocycles. The maximum absolute atomic E-state index is 9.06. The van der Waals surface area contributed by atoms with E-state index in [0.29, 0.717) is 0 Å². The predicted molar refractivity (Wildman–Crippen MR) is 62.0 cm³/mol. The van der Waals surface area contributed by atoms with Crippen molar-refractivity contribution in [3.05, 3.63) is 34.4 Å². The third-order valence-electron chi connectivity index (χ3n) is 2.85. The number of aryl methyl sites for hydroxylation is 3.